The third-order valence-electron chi connectivity index (χ3n) is 3.64. The fraction of sp³-hybridized carbons (Fsp3) is 0.462. The van der Waals surface area contributed by atoms with Crippen molar-refractivity contribution in [1.29, 1.82) is 0 Å². The van der Waals surface area contributed by atoms with Crippen LogP contribution in [0.2, 0.25) is 0 Å². The first-order chi connectivity index (χ1) is 10.2. The van der Waals surface area contributed by atoms with Crippen LogP contribution in [-0.2, 0) is 25.6 Å². The van der Waals surface area contributed by atoms with Gasteiger partial charge >= 0.3 is 6.18 Å². The number of furan rings is 1. The molecule has 3 rings (SSSR count). The fourth-order valence-corrected chi connectivity index (χ4v) is 2.58. The smallest absolute Gasteiger partial charge is 0.435 e. The largest absolute Gasteiger partial charge is 0.472 e. The van der Waals surface area contributed by atoms with Gasteiger partial charge < -0.3 is 9.52 Å². The van der Waals surface area contributed by atoms with Gasteiger partial charge in [0.05, 0.1) is 24.6 Å². The van der Waals surface area contributed by atoms with Gasteiger partial charge in [-0.3, -0.25) is 4.68 Å². The first-order valence-electron chi connectivity index (χ1n) is 6.44. The summed E-state index contributed by atoms with van der Waals surface area (Å²) in [7, 11) is 0. The van der Waals surface area contributed by atoms with E-state index in [0.717, 1.165) is 4.68 Å². The second-order valence-corrected chi connectivity index (χ2v) is 5.15. The molecule has 1 aliphatic carbocycles. The number of nitrogens with zero attached hydrogens (tertiary/aromatic N) is 2. The molecule has 0 saturated carbocycles. The highest BCUT2D eigenvalue weighted by atomic mass is 19.4. The first-order valence-corrected chi connectivity index (χ1v) is 6.44. The molecule has 0 fully saturated rings. The summed E-state index contributed by atoms with van der Waals surface area (Å²) >= 11 is 0. The van der Waals surface area contributed by atoms with Gasteiger partial charge in [-0.1, -0.05) is 0 Å². The van der Waals surface area contributed by atoms with Crippen LogP contribution >= 0.6 is 0 Å². The molecule has 0 aliphatic heterocycles. The summed E-state index contributed by atoms with van der Waals surface area (Å²) in [6.07, 6.45) is -5.24. The van der Waals surface area contributed by atoms with Crippen molar-refractivity contribution < 1.29 is 31.5 Å². The van der Waals surface area contributed by atoms with Crippen molar-refractivity contribution in [3.05, 3.63) is 41.1 Å². The molecule has 1 atom stereocenters. The molecule has 2 aromatic rings. The van der Waals surface area contributed by atoms with E-state index in [0.29, 0.717) is 5.56 Å². The molecular formula is C13H11F5N2O2. The van der Waals surface area contributed by atoms with Crippen LogP contribution in [0, 0.1) is 0 Å². The second kappa shape index (κ2) is 4.80. The van der Waals surface area contributed by atoms with Crippen molar-refractivity contribution in [3.8, 4) is 0 Å². The Bertz CT molecular complexity index is 675. The highest BCUT2D eigenvalue weighted by Crippen LogP contribution is 2.48. The molecule has 4 nitrogen and oxygen atoms in total. The summed E-state index contributed by atoms with van der Waals surface area (Å²) in [5.74, 6) is -3.62. The molecule has 0 amide bonds. The molecular weight excluding hydrogens is 311 g/mol. The zero-order valence-electron chi connectivity index (χ0n) is 11.1. The van der Waals surface area contributed by atoms with E-state index in [1.807, 2.05) is 0 Å². The lowest BCUT2D eigenvalue weighted by atomic mass is 10.1. The van der Waals surface area contributed by atoms with Crippen LogP contribution in [-0.4, -0.2) is 20.8 Å². The second-order valence-electron chi connectivity index (χ2n) is 5.15. The van der Waals surface area contributed by atoms with Crippen LogP contribution in [0.15, 0.2) is 23.0 Å². The molecule has 0 saturated heterocycles. The van der Waals surface area contributed by atoms with Crippen molar-refractivity contribution >= 4 is 0 Å². The Balaban J connectivity index is 1.97. The molecule has 9 heteroatoms. The standard InChI is InChI=1S/C13H11F5N2O2/c14-12(15)5-8-9(11(12)21)10(13(16,17)18)19-20(8)3-1-7-2-4-22-6-7/h2,4,6,11,21H,1,3,5H2/t11-/m0/s1. The number of hydrogen-bond donors (Lipinski definition) is 1. The summed E-state index contributed by atoms with van der Waals surface area (Å²) in [5, 5.41) is 12.9. The number of halogens is 5. The minimum absolute atomic E-state index is 0.0131. The van der Waals surface area contributed by atoms with Gasteiger partial charge in [0.25, 0.3) is 5.92 Å². The van der Waals surface area contributed by atoms with Crippen LogP contribution in [0.3, 0.4) is 0 Å². The third kappa shape index (κ3) is 2.39. The summed E-state index contributed by atoms with van der Waals surface area (Å²) in [6, 6.07) is 1.62. The number of fused-ring (bicyclic) bond motifs is 1. The average molecular weight is 322 g/mol. The number of alkyl halides is 5. The topological polar surface area (TPSA) is 51.2 Å². The summed E-state index contributed by atoms with van der Waals surface area (Å²) in [4.78, 5) is 0. The van der Waals surface area contributed by atoms with Gasteiger partial charge in [0.2, 0.25) is 0 Å². The van der Waals surface area contributed by atoms with Gasteiger partial charge in [-0.05, 0) is 18.1 Å². The molecule has 2 heterocycles. The molecule has 0 aromatic carbocycles. The van der Waals surface area contributed by atoms with Crippen molar-refractivity contribution in [3.63, 3.8) is 0 Å². The van der Waals surface area contributed by atoms with Crippen LogP contribution in [0.5, 0.6) is 0 Å². The molecule has 2 aromatic heterocycles. The van der Waals surface area contributed by atoms with Gasteiger partial charge in [-0.25, -0.2) is 8.78 Å². The maximum absolute atomic E-state index is 13.6. The van der Waals surface area contributed by atoms with Gasteiger partial charge in [0, 0.05) is 12.1 Å². The quantitative estimate of drug-likeness (QED) is 0.884. The van der Waals surface area contributed by atoms with Gasteiger partial charge in [0.15, 0.2) is 5.69 Å². The zero-order chi connectivity index (χ0) is 16.1. The lowest BCUT2D eigenvalue weighted by Crippen LogP contribution is -2.25. The van der Waals surface area contributed by atoms with E-state index >= 15 is 0 Å². The molecule has 0 spiro atoms. The molecule has 0 bridgehead atoms. The molecule has 1 aliphatic rings. The minimum atomic E-state index is -4.90. The van der Waals surface area contributed by atoms with Crippen molar-refractivity contribution in [1.82, 2.24) is 9.78 Å². The van der Waals surface area contributed by atoms with Gasteiger partial charge in [-0.2, -0.15) is 18.3 Å². The predicted octanol–water partition coefficient (Wildman–Crippen LogP) is 2.96. The Hall–Kier alpha value is -1.90. The summed E-state index contributed by atoms with van der Waals surface area (Å²) in [6.45, 7) is -0.0131. The Morgan fingerprint density at radius 3 is 2.73 bits per heavy atom. The fourth-order valence-electron chi connectivity index (χ4n) is 2.58. The van der Waals surface area contributed by atoms with Crippen LogP contribution in [0.1, 0.15) is 28.6 Å². The number of aryl methyl sites for hydroxylation is 2. The number of aliphatic hydroxyl groups excluding tert-OH is 1. The maximum Gasteiger partial charge on any atom is 0.435 e. The van der Waals surface area contributed by atoms with E-state index in [1.165, 1.54) is 12.5 Å². The SMILES string of the molecule is O[C@H]1c2c(C(F)(F)F)nn(CCc3ccoc3)c2CC1(F)F. The summed E-state index contributed by atoms with van der Waals surface area (Å²) in [5.41, 5.74) is -1.82. The van der Waals surface area contributed by atoms with Crippen molar-refractivity contribution in [2.24, 2.45) is 0 Å². The molecule has 22 heavy (non-hydrogen) atoms. The van der Waals surface area contributed by atoms with E-state index in [2.05, 4.69) is 5.10 Å². The number of rotatable bonds is 3. The average Bonchev–Trinajstić information content (AvgIpc) is 3.06. The normalized spacial score (nSPS) is 20.4. The summed E-state index contributed by atoms with van der Waals surface area (Å²) < 4.78 is 71.7. The van der Waals surface area contributed by atoms with Crippen LogP contribution in [0.4, 0.5) is 22.0 Å². The highest BCUT2D eigenvalue weighted by molar-refractivity contribution is 5.38. The van der Waals surface area contributed by atoms with E-state index < -0.39 is 35.9 Å². The van der Waals surface area contributed by atoms with Gasteiger partial charge in [0.1, 0.15) is 6.10 Å². The predicted molar refractivity (Wildman–Crippen MR) is 63.3 cm³/mol. The Morgan fingerprint density at radius 1 is 1.41 bits per heavy atom. The number of aliphatic hydroxyl groups is 1. The van der Waals surface area contributed by atoms with E-state index in [9.17, 15) is 27.1 Å². The third-order valence-corrected chi connectivity index (χ3v) is 3.64. The Kier molecular flexibility index (Phi) is 3.28. The lowest BCUT2D eigenvalue weighted by molar-refractivity contribution is -0.146. The molecule has 120 valence electrons. The van der Waals surface area contributed by atoms with Crippen molar-refractivity contribution in [2.75, 3.05) is 0 Å². The van der Waals surface area contributed by atoms with E-state index in [4.69, 9.17) is 4.42 Å². The Morgan fingerprint density at radius 2 is 2.14 bits per heavy atom. The minimum Gasteiger partial charge on any atom is -0.472 e. The zero-order valence-corrected chi connectivity index (χ0v) is 11.1. The Labute approximate surface area is 121 Å². The number of aromatic nitrogens is 2. The van der Waals surface area contributed by atoms with E-state index in [1.54, 1.807) is 6.07 Å². The van der Waals surface area contributed by atoms with Crippen LogP contribution < -0.4 is 0 Å². The van der Waals surface area contributed by atoms with Crippen molar-refractivity contribution in [2.45, 2.75) is 37.6 Å². The monoisotopic (exact) mass is 322 g/mol. The molecule has 0 radical (unpaired) electrons. The number of hydrogen-bond acceptors (Lipinski definition) is 3. The van der Waals surface area contributed by atoms with E-state index in [-0.39, 0.29) is 18.7 Å². The first kappa shape index (κ1) is 15.0. The van der Waals surface area contributed by atoms with Gasteiger partial charge in [-0.15, -0.1) is 0 Å². The molecule has 0 unspecified atom stereocenters. The van der Waals surface area contributed by atoms with Crippen LogP contribution in [0.25, 0.3) is 0 Å². The maximum atomic E-state index is 13.6. The highest BCUT2D eigenvalue weighted by Gasteiger charge is 2.54. The lowest BCUT2D eigenvalue weighted by Gasteiger charge is -2.15. The molecule has 1 N–H and O–H groups in total.